The highest BCUT2D eigenvalue weighted by molar-refractivity contribution is 7.12. The van der Waals surface area contributed by atoms with Gasteiger partial charge in [0.05, 0.1) is 12.8 Å². The molecule has 0 saturated carbocycles. The molecule has 1 N–H and O–H groups in total. The average Bonchev–Trinajstić information content (AvgIpc) is 3.32. The Labute approximate surface area is 194 Å². The number of carbonyl (C=O) groups excluding carboxylic acids is 2. The number of thiophene rings is 1. The van der Waals surface area contributed by atoms with Gasteiger partial charge in [-0.15, -0.1) is 11.3 Å². The number of esters is 1. The Kier molecular flexibility index (Phi) is 8.24. The first-order valence-electron chi connectivity index (χ1n) is 9.69. The number of hydrogen-bond donors (Lipinski definition) is 1. The SMILES string of the molecule is CCOc1cc(/C=N\NC(=O)COc2ccc(Cl)c(C)c2)ccc1OC(=O)c1cccs1. The molecule has 0 radical (unpaired) electrons. The van der Waals surface area contributed by atoms with Gasteiger partial charge in [0, 0.05) is 5.02 Å². The second-order valence-corrected chi connectivity index (χ2v) is 7.85. The lowest BCUT2D eigenvalue weighted by Crippen LogP contribution is -2.24. The van der Waals surface area contributed by atoms with Gasteiger partial charge in [-0.3, -0.25) is 4.79 Å². The van der Waals surface area contributed by atoms with Crippen molar-refractivity contribution >= 4 is 41.0 Å². The van der Waals surface area contributed by atoms with Crippen LogP contribution in [-0.2, 0) is 4.79 Å². The van der Waals surface area contributed by atoms with Crippen LogP contribution in [0.1, 0.15) is 27.7 Å². The Hall–Kier alpha value is -3.36. The number of nitrogens with one attached hydrogen (secondary N) is 1. The van der Waals surface area contributed by atoms with Gasteiger partial charge in [0.25, 0.3) is 5.91 Å². The Morgan fingerprint density at radius 2 is 1.97 bits per heavy atom. The molecular weight excluding hydrogens is 452 g/mol. The largest absolute Gasteiger partial charge is 0.490 e. The van der Waals surface area contributed by atoms with Gasteiger partial charge in [-0.1, -0.05) is 17.7 Å². The van der Waals surface area contributed by atoms with Crippen molar-refractivity contribution in [2.24, 2.45) is 5.10 Å². The smallest absolute Gasteiger partial charge is 0.353 e. The molecule has 0 atom stereocenters. The summed E-state index contributed by atoms with van der Waals surface area (Å²) in [5, 5.41) is 6.36. The number of hydrogen-bond acceptors (Lipinski definition) is 7. The molecule has 0 fully saturated rings. The van der Waals surface area contributed by atoms with Gasteiger partial charge in [-0.2, -0.15) is 5.10 Å². The van der Waals surface area contributed by atoms with E-state index in [9.17, 15) is 9.59 Å². The fourth-order valence-electron chi connectivity index (χ4n) is 2.57. The molecule has 0 unspecified atom stereocenters. The van der Waals surface area contributed by atoms with Crippen LogP contribution in [0.3, 0.4) is 0 Å². The second kappa shape index (κ2) is 11.3. The number of carbonyl (C=O) groups is 2. The van der Waals surface area contributed by atoms with Crippen molar-refractivity contribution in [3.63, 3.8) is 0 Å². The van der Waals surface area contributed by atoms with E-state index < -0.39 is 11.9 Å². The molecule has 3 aromatic rings. The van der Waals surface area contributed by atoms with Gasteiger partial charge in [-0.05, 0) is 72.8 Å². The monoisotopic (exact) mass is 472 g/mol. The standard InChI is InChI=1S/C23H21ClN2O5S/c1-3-29-20-12-16(6-9-19(20)31-23(28)21-5-4-10-32-21)13-25-26-22(27)14-30-17-7-8-18(24)15(2)11-17/h4-13H,3,14H2,1-2H3,(H,26,27)/b25-13-. The third-order valence-electron chi connectivity index (χ3n) is 4.09. The predicted molar refractivity (Wildman–Crippen MR) is 124 cm³/mol. The van der Waals surface area contributed by atoms with E-state index >= 15 is 0 Å². The fourth-order valence-corrected chi connectivity index (χ4v) is 3.29. The van der Waals surface area contributed by atoms with Crippen molar-refractivity contribution < 1.29 is 23.8 Å². The van der Waals surface area contributed by atoms with Crippen molar-refractivity contribution in [1.82, 2.24) is 5.43 Å². The van der Waals surface area contributed by atoms with Crippen LogP contribution in [0, 0.1) is 6.92 Å². The molecule has 1 aromatic heterocycles. The first kappa shape index (κ1) is 23.3. The van der Waals surface area contributed by atoms with Crippen LogP contribution in [0.25, 0.3) is 0 Å². The molecule has 0 saturated heterocycles. The minimum Gasteiger partial charge on any atom is -0.490 e. The molecule has 1 heterocycles. The number of ether oxygens (including phenoxy) is 3. The van der Waals surface area contributed by atoms with Crippen LogP contribution in [0.4, 0.5) is 0 Å². The summed E-state index contributed by atoms with van der Waals surface area (Å²) in [7, 11) is 0. The van der Waals surface area contributed by atoms with Crippen molar-refractivity contribution in [1.29, 1.82) is 0 Å². The molecule has 32 heavy (non-hydrogen) atoms. The maximum absolute atomic E-state index is 12.2. The van der Waals surface area contributed by atoms with Gasteiger partial charge in [0.1, 0.15) is 10.6 Å². The number of amides is 1. The molecule has 0 aliphatic rings. The van der Waals surface area contributed by atoms with Crippen molar-refractivity contribution in [3.05, 3.63) is 74.9 Å². The predicted octanol–water partition coefficient (Wildman–Crippen LogP) is 4.86. The molecule has 3 rings (SSSR count). The molecule has 0 spiro atoms. The van der Waals surface area contributed by atoms with Crippen LogP contribution < -0.4 is 19.6 Å². The molecular formula is C23H21ClN2O5S. The van der Waals surface area contributed by atoms with Crippen LogP contribution in [0.2, 0.25) is 5.02 Å². The number of nitrogens with zero attached hydrogens (tertiary/aromatic N) is 1. The molecule has 9 heteroatoms. The van der Waals surface area contributed by atoms with Crippen LogP contribution in [0.5, 0.6) is 17.2 Å². The number of aryl methyl sites for hydroxylation is 1. The minimum atomic E-state index is -0.453. The quantitative estimate of drug-likeness (QED) is 0.208. The molecule has 0 bridgehead atoms. The van der Waals surface area contributed by atoms with Crippen LogP contribution >= 0.6 is 22.9 Å². The summed E-state index contributed by atoms with van der Waals surface area (Å²) in [4.78, 5) is 24.7. The normalized spacial score (nSPS) is 10.7. The summed E-state index contributed by atoms with van der Waals surface area (Å²) in [5.74, 6) is 0.373. The Bertz CT molecular complexity index is 1120. The van der Waals surface area contributed by atoms with Gasteiger partial charge in [0.15, 0.2) is 18.1 Å². The van der Waals surface area contributed by atoms with Crippen LogP contribution in [-0.4, -0.2) is 31.3 Å². The summed E-state index contributed by atoms with van der Waals surface area (Å²) in [6.45, 7) is 3.88. The first-order valence-corrected chi connectivity index (χ1v) is 11.0. The third kappa shape index (κ3) is 6.57. The lowest BCUT2D eigenvalue weighted by molar-refractivity contribution is -0.123. The minimum absolute atomic E-state index is 0.194. The Morgan fingerprint density at radius 1 is 1.12 bits per heavy atom. The zero-order valence-corrected chi connectivity index (χ0v) is 19.0. The summed E-state index contributed by atoms with van der Waals surface area (Å²) >= 11 is 7.27. The van der Waals surface area contributed by atoms with E-state index in [-0.39, 0.29) is 6.61 Å². The molecule has 0 aliphatic carbocycles. The van der Waals surface area contributed by atoms with Crippen molar-refractivity contribution in [3.8, 4) is 17.2 Å². The van der Waals surface area contributed by atoms with Gasteiger partial charge >= 0.3 is 5.97 Å². The maximum atomic E-state index is 12.2. The molecule has 1 amide bonds. The van der Waals surface area contributed by atoms with Crippen LogP contribution in [0.15, 0.2) is 59.0 Å². The average molecular weight is 473 g/mol. The van der Waals surface area contributed by atoms with Gasteiger partial charge in [0.2, 0.25) is 0 Å². The van der Waals surface area contributed by atoms with E-state index in [2.05, 4.69) is 10.5 Å². The van der Waals surface area contributed by atoms with E-state index in [4.69, 9.17) is 25.8 Å². The fraction of sp³-hybridized carbons (Fsp3) is 0.174. The number of rotatable bonds is 9. The van der Waals surface area contributed by atoms with E-state index in [0.29, 0.717) is 39.3 Å². The maximum Gasteiger partial charge on any atom is 0.353 e. The first-order chi connectivity index (χ1) is 15.5. The lowest BCUT2D eigenvalue weighted by atomic mass is 10.2. The summed E-state index contributed by atoms with van der Waals surface area (Å²) < 4.78 is 16.4. The Balaban J connectivity index is 1.57. The highest BCUT2D eigenvalue weighted by Crippen LogP contribution is 2.29. The number of halogens is 1. The highest BCUT2D eigenvalue weighted by atomic mass is 35.5. The number of hydrazone groups is 1. The lowest BCUT2D eigenvalue weighted by Gasteiger charge is -2.11. The summed E-state index contributed by atoms with van der Waals surface area (Å²) in [6, 6.07) is 13.6. The zero-order valence-electron chi connectivity index (χ0n) is 17.5. The van der Waals surface area contributed by atoms with Gasteiger partial charge in [-0.25, -0.2) is 10.2 Å². The molecule has 2 aromatic carbocycles. The second-order valence-electron chi connectivity index (χ2n) is 6.50. The van der Waals surface area contributed by atoms with E-state index in [1.807, 2.05) is 13.8 Å². The van der Waals surface area contributed by atoms with Crippen molar-refractivity contribution in [2.45, 2.75) is 13.8 Å². The highest BCUT2D eigenvalue weighted by Gasteiger charge is 2.14. The summed E-state index contributed by atoms with van der Waals surface area (Å²) in [5.41, 5.74) is 3.91. The molecule has 166 valence electrons. The van der Waals surface area contributed by atoms with Gasteiger partial charge < -0.3 is 14.2 Å². The van der Waals surface area contributed by atoms with E-state index in [0.717, 1.165) is 5.56 Å². The third-order valence-corrected chi connectivity index (χ3v) is 5.37. The number of benzene rings is 2. The van der Waals surface area contributed by atoms with E-state index in [1.54, 1.807) is 53.9 Å². The van der Waals surface area contributed by atoms with Crippen molar-refractivity contribution in [2.75, 3.05) is 13.2 Å². The molecule has 0 aliphatic heterocycles. The zero-order chi connectivity index (χ0) is 22.9. The molecule has 7 nitrogen and oxygen atoms in total. The Morgan fingerprint density at radius 3 is 2.69 bits per heavy atom. The topological polar surface area (TPSA) is 86.2 Å². The van der Waals surface area contributed by atoms with E-state index in [1.165, 1.54) is 17.6 Å². The summed E-state index contributed by atoms with van der Waals surface area (Å²) in [6.07, 6.45) is 1.46.